The summed E-state index contributed by atoms with van der Waals surface area (Å²) in [6.07, 6.45) is 0. The average molecular weight is 107 g/mol. The van der Waals surface area contributed by atoms with Gasteiger partial charge in [-0.15, -0.1) is 0 Å². The average Bonchev–Trinajstić information content (AvgIpc) is 1.37. The first-order valence-electron chi connectivity index (χ1n) is 0.569. The van der Waals surface area contributed by atoms with E-state index < -0.39 is 0 Å². The molecular weight excluding hydrogens is 107 g/mol. The number of hydrogen-bond acceptors (Lipinski definition) is 1. The third-order valence-electron chi connectivity index (χ3n) is 0.0393. The molecule has 4 heavy (non-hydrogen) atoms. The van der Waals surface area contributed by atoms with Crippen LogP contribution >= 0.6 is 0 Å². The van der Waals surface area contributed by atoms with Gasteiger partial charge in [0.25, 0.3) is 0 Å². The van der Waals surface area contributed by atoms with Gasteiger partial charge in [0.05, 0.1) is 0 Å². The van der Waals surface area contributed by atoms with Gasteiger partial charge < -0.3 is 0 Å². The third-order valence-corrected chi connectivity index (χ3v) is 1.06. The van der Waals surface area contributed by atoms with Crippen molar-refractivity contribution in [2.24, 2.45) is 0 Å². The summed E-state index contributed by atoms with van der Waals surface area (Å²) in [6, 6.07) is 0. The normalized spacial score (nSPS) is 4.75. The molecule has 0 bridgehead atoms. The van der Waals surface area contributed by atoms with Crippen molar-refractivity contribution in [3.8, 4) is 0 Å². The fraction of sp³-hybridized carbons (Fsp3) is 0. The van der Waals surface area contributed by atoms with Crippen LogP contribution in [0.25, 0.3) is 0 Å². The van der Waals surface area contributed by atoms with Crippen molar-refractivity contribution in [1.82, 2.24) is 0 Å². The Labute approximate surface area is 36.9 Å². The van der Waals surface area contributed by atoms with Crippen LogP contribution in [0.4, 0.5) is 0 Å². The predicted octanol–water partition coefficient (Wildman–Crippen LogP) is -0.388. The van der Waals surface area contributed by atoms with Crippen molar-refractivity contribution in [2.45, 2.75) is 0 Å². The van der Waals surface area contributed by atoms with Gasteiger partial charge >= 0.3 is 36.5 Å². The van der Waals surface area contributed by atoms with Gasteiger partial charge in [-0.05, 0) is 0 Å². The van der Waals surface area contributed by atoms with Gasteiger partial charge in [-0.3, -0.25) is 0 Å². The fourth-order valence-electron chi connectivity index (χ4n) is 0. The quantitative estimate of drug-likeness (QED) is 0.380. The second-order valence-electron chi connectivity index (χ2n) is 0.164. The molecule has 0 unspecified atom stereocenters. The molecule has 0 atom stereocenters. The van der Waals surface area contributed by atoms with Crippen LogP contribution < -0.4 is 0 Å². The zero-order valence-electron chi connectivity index (χ0n) is 1.80. The first kappa shape index (κ1) is 4.72. The maximum atomic E-state index is 4.80. The molecule has 0 aromatic carbocycles. The van der Waals surface area contributed by atoms with Gasteiger partial charge in [-0.1, -0.05) is 0 Å². The second-order valence-corrected chi connectivity index (χ2v) is 2.70. The first-order valence-corrected chi connectivity index (χ1v) is 3.71. The summed E-state index contributed by atoms with van der Waals surface area (Å²) >= 11 is 4.31. The zero-order valence-corrected chi connectivity index (χ0v) is 4.25. The molecule has 0 N–H and O–H groups in total. The molecule has 0 saturated heterocycles. The molecule has 0 saturated carbocycles. The van der Waals surface area contributed by atoms with E-state index in [0.29, 0.717) is 0 Å². The van der Waals surface area contributed by atoms with E-state index in [9.17, 15) is 0 Å². The van der Waals surface area contributed by atoms with E-state index in [1.165, 1.54) is 0 Å². The second kappa shape index (κ2) is 3.72. The van der Waals surface area contributed by atoms with Gasteiger partial charge in [0, 0.05) is 0 Å². The molecule has 0 aliphatic carbocycles. The zero-order chi connectivity index (χ0) is 3.41. The van der Waals surface area contributed by atoms with Crippen molar-refractivity contribution < 1.29 is 0 Å². The molecule has 0 fully saturated rings. The number of rotatable bonds is 0. The van der Waals surface area contributed by atoms with Crippen molar-refractivity contribution in [3.63, 3.8) is 0 Å². The maximum absolute atomic E-state index is 4.80. The Morgan fingerprint density at radius 2 is 2.00 bits per heavy atom. The molecule has 0 aromatic rings. The Morgan fingerprint density at radius 3 is 2.00 bits per heavy atom. The third kappa shape index (κ3) is 2.72. The Hall–Kier alpha value is 0.725. The van der Waals surface area contributed by atoms with E-state index in [1.807, 2.05) is 0 Å². The Morgan fingerprint density at radius 1 is 1.75 bits per heavy atom. The van der Waals surface area contributed by atoms with E-state index in [4.69, 9.17) is 6.72 Å². The topological polar surface area (TPSA) is 0 Å². The Kier molecular flexibility index (Phi) is 4.40. The van der Waals surface area contributed by atoms with Crippen molar-refractivity contribution in [1.29, 1.82) is 0 Å². The minimum atomic E-state index is 1.09. The summed E-state index contributed by atoms with van der Waals surface area (Å²) in [5.41, 5.74) is 0. The van der Waals surface area contributed by atoms with Crippen LogP contribution in [0.2, 0.25) is 0 Å². The first-order chi connectivity index (χ1) is 1.91. The van der Waals surface area contributed by atoms with Crippen LogP contribution in [0.5, 0.6) is 0 Å². The Balaban J connectivity index is 3.95. The summed E-state index contributed by atoms with van der Waals surface area (Å²) in [4.78, 5) is 0. The molecule has 0 aliphatic rings. The molecule has 0 amide bonds. The van der Waals surface area contributed by atoms with E-state index >= 15 is 0 Å². The van der Waals surface area contributed by atoms with Gasteiger partial charge in [0.1, 0.15) is 0 Å². The summed E-state index contributed by atoms with van der Waals surface area (Å²) in [7, 11) is 2.22. The summed E-state index contributed by atoms with van der Waals surface area (Å²) in [5.74, 6) is 0. The molecule has 0 spiro atoms. The van der Waals surface area contributed by atoms with Crippen LogP contribution in [0.1, 0.15) is 0 Å². The minimum absolute atomic E-state index is 1.09. The van der Waals surface area contributed by atoms with E-state index in [-0.39, 0.29) is 0 Å². The fourth-order valence-corrected chi connectivity index (χ4v) is 0. The van der Waals surface area contributed by atoms with E-state index in [1.54, 1.807) is 0 Å². The molecule has 4 heteroatoms. The van der Waals surface area contributed by atoms with Crippen LogP contribution in [0.15, 0.2) is 0 Å². The molecule has 0 nitrogen and oxygen atoms in total. The van der Waals surface area contributed by atoms with Crippen molar-refractivity contribution >= 4 is 36.5 Å². The van der Waals surface area contributed by atoms with Crippen LogP contribution in [0, 0.1) is 0 Å². The summed E-state index contributed by atoms with van der Waals surface area (Å²) in [5, 5.41) is 0. The summed E-state index contributed by atoms with van der Waals surface area (Å²) < 4.78 is 0. The van der Waals surface area contributed by atoms with Gasteiger partial charge in [-0.25, -0.2) is 0 Å². The molecule has 0 rings (SSSR count). The van der Waals surface area contributed by atoms with Crippen molar-refractivity contribution in [3.05, 3.63) is 0 Å². The van der Waals surface area contributed by atoms with E-state index in [2.05, 4.69) is 11.2 Å². The molecule has 0 aliphatic heterocycles. The Bertz CT molecular complexity index is 53.4. The van der Waals surface area contributed by atoms with E-state index in [0.717, 1.165) is 18.6 Å². The van der Waals surface area contributed by atoms with Gasteiger partial charge in [0.2, 0.25) is 0 Å². The van der Waals surface area contributed by atoms with Crippen LogP contribution in [-0.4, -0.2) is 6.72 Å². The predicted molar refractivity (Wildman–Crippen MR) is 27.8 cm³/mol. The van der Waals surface area contributed by atoms with Gasteiger partial charge in [0.15, 0.2) is 0 Å². The molecule has 1 radical (unpaired) electrons. The van der Waals surface area contributed by atoms with Crippen LogP contribution in [0.3, 0.4) is 0 Å². The standard InChI is InChI=1S/BS3/c1-3-4-2. The van der Waals surface area contributed by atoms with Gasteiger partial charge in [-0.2, -0.15) is 0 Å². The SMILES string of the molecule is [B]=S=S=S. The van der Waals surface area contributed by atoms with Crippen LogP contribution in [-0.2, 0) is 29.8 Å². The number of hydrogen-bond donors (Lipinski definition) is 0. The monoisotopic (exact) mass is 107 g/mol. The molecule has 0 aromatic heterocycles. The molecular formula is BS3. The van der Waals surface area contributed by atoms with Crippen molar-refractivity contribution in [2.75, 3.05) is 0 Å². The summed E-state index contributed by atoms with van der Waals surface area (Å²) in [6.45, 7) is 4.80. The molecule has 0 heterocycles. The molecule has 21 valence electrons.